The average molecular weight is 361 g/mol. The van der Waals surface area contributed by atoms with Crippen molar-refractivity contribution in [2.75, 3.05) is 5.32 Å². The van der Waals surface area contributed by atoms with Gasteiger partial charge in [0.15, 0.2) is 0 Å². The van der Waals surface area contributed by atoms with Crippen LogP contribution in [0.1, 0.15) is 24.8 Å². The number of nitrogens with zero attached hydrogens (tertiary/aromatic N) is 3. The van der Waals surface area contributed by atoms with E-state index in [0.717, 1.165) is 23.0 Å². The molecule has 0 aliphatic rings. The number of benzene rings is 2. The molecule has 136 valence electrons. The average Bonchev–Trinajstić information content (AvgIpc) is 3.33. The summed E-state index contributed by atoms with van der Waals surface area (Å²) in [6.45, 7) is 2.11. The van der Waals surface area contributed by atoms with Gasteiger partial charge in [0.25, 0.3) is 0 Å². The predicted molar refractivity (Wildman–Crippen MR) is 102 cm³/mol. The van der Waals surface area contributed by atoms with Crippen molar-refractivity contribution in [3.63, 3.8) is 0 Å². The summed E-state index contributed by atoms with van der Waals surface area (Å²) in [7, 11) is 0. The Hall–Kier alpha value is -3.48. The molecule has 0 fully saturated rings. The fourth-order valence-electron chi connectivity index (χ4n) is 2.79. The molecule has 0 bridgehead atoms. The summed E-state index contributed by atoms with van der Waals surface area (Å²) in [5, 5.41) is 6.75. The molecule has 4 aromatic rings. The topological polar surface area (TPSA) is 96.7 Å². The summed E-state index contributed by atoms with van der Waals surface area (Å²) < 4.78 is 5.26. The minimum Gasteiger partial charge on any atom is -0.339 e. The second-order valence-corrected chi connectivity index (χ2v) is 6.21. The molecule has 0 saturated carbocycles. The van der Waals surface area contributed by atoms with Gasteiger partial charge in [-0.2, -0.15) is 4.98 Å². The quantitative estimate of drug-likeness (QED) is 0.545. The van der Waals surface area contributed by atoms with Gasteiger partial charge in [0, 0.05) is 18.4 Å². The Bertz CT molecular complexity index is 1030. The second kappa shape index (κ2) is 7.41. The smallest absolute Gasteiger partial charge is 0.227 e. The molecule has 7 heteroatoms. The number of rotatable bonds is 6. The number of aryl methyl sites for hydroxylation is 2. The molecule has 0 atom stereocenters. The zero-order chi connectivity index (χ0) is 18.6. The third-order valence-electron chi connectivity index (χ3n) is 4.30. The van der Waals surface area contributed by atoms with E-state index in [0.29, 0.717) is 24.1 Å². The van der Waals surface area contributed by atoms with Crippen LogP contribution in [-0.2, 0) is 17.6 Å². The van der Waals surface area contributed by atoms with Crippen molar-refractivity contribution in [2.45, 2.75) is 26.2 Å². The van der Waals surface area contributed by atoms with Gasteiger partial charge >= 0.3 is 0 Å². The van der Waals surface area contributed by atoms with Crippen LogP contribution in [0, 0.1) is 0 Å². The van der Waals surface area contributed by atoms with Crippen LogP contribution >= 0.6 is 0 Å². The Kier molecular flexibility index (Phi) is 4.65. The molecular formula is C20H19N5O2. The number of aromatic nitrogens is 4. The van der Waals surface area contributed by atoms with Crippen molar-refractivity contribution in [1.29, 1.82) is 0 Å². The van der Waals surface area contributed by atoms with Gasteiger partial charge in [-0.15, -0.1) is 0 Å². The van der Waals surface area contributed by atoms with Crippen LogP contribution in [-0.4, -0.2) is 26.0 Å². The summed E-state index contributed by atoms with van der Waals surface area (Å²) in [5.74, 6) is 1.24. The molecular weight excluding hydrogens is 342 g/mol. The molecule has 4 rings (SSSR count). The monoisotopic (exact) mass is 361 g/mol. The van der Waals surface area contributed by atoms with E-state index in [1.165, 1.54) is 5.56 Å². The van der Waals surface area contributed by atoms with Crippen molar-refractivity contribution in [1.82, 2.24) is 20.1 Å². The van der Waals surface area contributed by atoms with Crippen molar-refractivity contribution >= 4 is 22.9 Å². The number of fused-ring (bicyclic) bond motifs is 1. The van der Waals surface area contributed by atoms with Crippen LogP contribution in [0.3, 0.4) is 0 Å². The van der Waals surface area contributed by atoms with Crippen LogP contribution in [0.15, 0.2) is 53.1 Å². The first-order valence-corrected chi connectivity index (χ1v) is 8.88. The molecule has 2 heterocycles. The van der Waals surface area contributed by atoms with Gasteiger partial charge < -0.3 is 9.51 Å². The summed E-state index contributed by atoms with van der Waals surface area (Å²) in [6.07, 6.45) is 1.58. The van der Waals surface area contributed by atoms with E-state index in [9.17, 15) is 4.79 Å². The van der Waals surface area contributed by atoms with Gasteiger partial charge in [-0.25, -0.2) is 4.98 Å². The van der Waals surface area contributed by atoms with Gasteiger partial charge in [-0.05, 0) is 24.1 Å². The number of nitrogens with one attached hydrogen (secondary N) is 2. The zero-order valence-electron chi connectivity index (χ0n) is 14.9. The first-order valence-electron chi connectivity index (χ1n) is 8.88. The minimum atomic E-state index is -0.166. The molecule has 7 nitrogen and oxygen atoms in total. The molecule has 0 unspecified atom stereocenters. The molecule has 27 heavy (non-hydrogen) atoms. The number of H-pyrrole nitrogens is 1. The highest BCUT2D eigenvalue weighted by Gasteiger charge is 2.12. The van der Waals surface area contributed by atoms with E-state index in [1.54, 1.807) is 0 Å². The highest BCUT2D eigenvalue weighted by atomic mass is 16.5. The van der Waals surface area contributed by atoms with Gasteiger partial charge in [0.05, 0.1) is 11.0 Å². The van der Waals surface area contributed by atoms with Gasteiger partial charge in [0.1, 0.15) is 0 Å². The van der Waals surface area contributed by atoms with E-state index in [2.05, 4.69) is 32.3 Å². The Labute approximate surface area is 155 Å². The van der Waals surface area contributed by atoms with Crippen molar-refractivity contribution in [3.8, 4) is 11.4 Å². The first kappa shape index (κ1) is 17.0. The molecule has 0 spiro atoms. The Morgan fingerprint density at radius 1 is 1.11 bits per heavy atom. The van der Waals surface area contributed by atoms with E-state index >= 15 is 0 Å². The molecule has 0 radical (unpaired) electrons. The lowest BCUT2D eigenvalue weighted by atomic mass is 10.1. The normalized spacial score (nSPS) is 11.0. The number of hydrogen-bond acceptors (Lipinski definition) is 5. The molecule has 2 aromatic carbocycles. The lowest BCUT2D eigenvalue weighted by Gasteiger charge is -1.99. The number of amides is 1. The van der Waals surface area contributed by atoms with Crippen molar-refractivity contribution in [3.05, 3.63) is 60.0 Å². The zero-order valence-corrected chi connectivity index (χ0v) is 14.9. The van der Waals surface area contributed by atoms with Crippen LogP contribution in [0.2, 0.25) is 0 Å². The Balaban J connectivity index is 1.35. The summed E-state index contributed by atoms with van der Waals surface area (Å²) in [6, 6.07) is 15.6. The van der Waals surface area contributed by atoms with E-state index in [1.807, 2.05) is 48.5 Å². The Morgan fingerprint density at radius 3 is 2.70 bits per heavy atom. The van der Waals surface area contributed by atoms with Crippen molar-refractivity contribution < 1.29 is 9.32 Å². The standard InChI is InChI=1S/C20H19N5O2/c1-2-13-7-9-14(10-8-13)19-24-18(27-25-19)12-11-17(26)23-20-21-15-5-3-4-6-16(15)22-20/h3-10H,2,11-12H2,1H3,(H2,21,22,23,26). The SMILES string of the molecule is CCc1ccc(-c2noc(CCC(=O)Nc3nc4ccccc4[nH]3)n2)cc1. The molecule has 2 N–H and O–H groups in total. The molecule has 0 aliphatic carbocycles. The summed E-state index contributed by atoms with van der Waals surface area (Å²) >= 11 is 0. The van der Waals surface area contributed by atoms with Crippen LogP contribution < -0.4 is 5.32 Å². The van der Waals surface area contributed by atoms with Gasteiger partial charge in [0.2, 0.25) is 23.6 Å². The maximum absolute atomic E-state index is 12.1. The lowest BCUT2D eigenvalue weighted by molar-refractivity contribution is -0.116. The van der Waals surface area contributed by atoms with E-state index in [4.69, 9.17) is 4.52 Å². The number of carbonyl (C=O) groups excluding carboxylic acids is 1. The van der Waals surface area contributed by atoms with E-state index < -0.39 is 0 Å². The predicted octanol–water partition coefficient (Wildman–Crippen LogP) is 3.75. The maximum atomic E-state index is 12.1. The van der Waals surface area contributed by atoms with Crippen LogP contribution in [0.5, 0.6) is 0 Å². The van der Waals surface area contributed by atoms with Crippen LogP contribution in [0.25, 0.3) is 22.4 Å². The number of imidazole rings is 1. The number of carbonyl (C=O) groups is 1. The highest BCUT2D eigenvalue weighted by molar-refractivity contribution is 5.91. The summed E-state index contributed by atoms with van der Waals surface area (Å²) in [5.41, 5.74) is 3.84. The fraction of sp³-hybridized carbons (Fsp3) is 0.200. The molecule has 1 amide bonds. The number of anilines is 1. The largest absolute Gasteiger partial charge is 0.339 e. The summed E-state index contributed by atoms with van der Waals surface area (Å²) in [4.78, 5) is 23.9. The van der Waals surface area contributed by atoms with E-state index in [-0.39, 0.29) is 12.3 Å². The van der Waals surface area contributed by atoms with Crippen molar-refractivity contribution in [2.24, 2.45) is 0 Å². The lowest BCUT2D eigenvalue weighted by Crippen LogP contribution is -2.13. The second-order valence-electron chi connectivity index (χ2n) is 6.21. The fourth-order valence-corrected chi connectivity index (χ4v) is 2.79. The number of para-hydroxylation sites is 2. The molecule has 0 aliphatic heterocycles. The first-order chi connectivity index (χ1) is 13.2. The number of aromatic amines is 1. The third-order valence-corrected chi connectivity index (χ3v) is 4.30. The van der Waals surface area contributed by atoms with Gasteiger partial charge in [-0.1, -0.05) is 48.5 Å². The molecule has 2 aromatic heterocycles. The molecule has 0 saturated heterocycles. The maximum Gasteiger partial charge on any atom is 0.227 e. The highest BCUT2D eigenvalue weighted by Crippen LogP contribution is 2.18. The third kappa shape index (κ3) is 3.87. The minimum absolute atomic E-state index is 0.166. The van der Waals surface area contributed by atoms with Gasteiger partial charge in [-0.3, -0.25) is 10.1 Å². The van der Waals surface area contributed by atoms with Crippen LogP contribution in [0.4, 0.5) is 5.95 Å². The number of hydrogen-bond donors (Lipinski definition) is 2. The Morgan fingerprint density at radius 2 is 1.93 bits per heavy atom.